The van der Waals surface area contributed by atoms with Crippen LogP contribution >= 0.6 is 0 Å². The SMILES string of the molecule is CC(CCC(=O)O)(CCC(=O)O)NC(=O)CCN=[N+]=[N-].CC(CCC(=O)OC(C)(C)C)(CCC(=O)OC(C)(C)C)NC(=O)CCN=[N+]=[N-].CC(N)(CCC(=O)OC(C)(C)C)CCC(=O)OC(C)(C)C.COC(=O)CCC(C)(CCC(=O)OC)NC(=O)CCN=[N+]=[N-]. The molecule has 0 saturated heterocycles. The second-order valence-electron chi connectivity index (χ2n) is 26.4. The van der Waals surface area contributed by atoms with Gasteiger partial charge in [-0.1, -0.05) is 15.3 Å². The Morgan fingerprint density at radius 1 is 0.352 bits per heavy atom. The van der Waals surface area contributed by atoms with E-state index in [1.165, 1.54) is 14.2 Å². The van der Waals surface area contributed by atoms with Gasteiger partial charge >= 0.3 is 47.8 Å². The lowest BCUT2D eigenvalue weighted by Crippen LogP contribution is -2.47. The third-order valence-corrected chi connectivity index (χ3v) is 12.1. The highest BCUT2D eigenvalue weighted by Crippen LogP contribution is 2.25. The maximum Gasteiger partial charge on any atom is 0.306 e. The monoisotopic (exact) mass is 1300 g/mol. The van der Waals surface area contributed by atoms with Crippen LogP contribution in [0, 0.1) is 0 Å². The number of nitrogens with two attached hydrogens (primary N) is 1. The summed E-state index contributed by atoms with van der Waals surface area (Å²) < 4.78 is 30.3. The highest BCUT2D eigenvalue weighted by molar-refractivity contribution is 5.79. The van der Waals surface area contributed by atoms with Gasteiger partial charge in [-0.15, -0.1) is 0 Å². The second kappa shape index (κ2) is 44.5. The number of carboxylic acids is 2. The zero-order valence-corrected chi connectivity index (χ0v) is 57.0. The Morgan fingerprint density at radius 3 is 0.736 bits per heavy atom. The van der Waals surface area contributed by atoms with Crippen molar-refractivity contribution in [1.82, 2.24) is 16.0 Å². The highest BCUT2D eigenvalue weighted by atomic mass is 16.6. The lowest BCUT2D eigenvalue weighted by Gasteiger charge is -2.31. The molecule has 520 valence electrons. The van der Waals surface area contributed by atoms with Crippen LogP contribution in [0.5, 0.6) is 0 Å². The minimum atomic E-state index is -1.02. The zero-order chi connectivity index (χ0) is 71.5. The first-order chi connectivity index (χ1) is 41.5. The fraction of sp³-hybridized carbons (Fsp3) is 0.814. The molecule has 0 rings (SSSR count). The van der Waals surface area contributed by atoms with Gasteiger partial charge in [-0.2, -0.15) is 0 Å². The van der Waals surface area contributed by atoms with Crippen LogP contribution < -0.4 is 21.7 Å². The number of carbonyl (C=O) groups excluding carboxylic acids is 9. The van der Waals surface area contributed by atoms with Crippen molar-refractivity contribution in [3.8, 4) is 0 Å². The summed E-state index contributed by atoms with van der Waals surface area (Å²) in [5.74, 6) is -5.15. The van der Waals surface area contributed by atoms with Gasteiger partial charge in [0.2, 0.25) is 17.7 Å². The van der Waals surface area contributed by atoms with E-state index in [0.29, 0.717) is 38.5 Å². The van der Waals surface area contributed by atoms with Gasteiger partial charge in [0, 0.05) is 127 Å². The molecule has 0 aromatic heterocycles. The number of nitrogens with zero attached hydrogens (tertiary/aromatic N) is 9. The molecular weight excluding hydrogens is 1190 g/mol. The molecule has 0 radical (unpaired) electrons. The van der Waals surface area contributed by atoms with Crippen molar-refractivity contribution >= 4 is 65.5 Å². The number of methoxy groups -OCH3 is 2. The van der Waals surface area contributed by atoms with Gasteiger partial charge < -0.3 is 60.3 Å². The van der Waals surface area contributed by atoms with Crippen molar-refractivity contribution < 1.29 is 91.4 Å². The summed E-state index contributed by atoms with van der Waals surface area (Å²) in [6, 6.07) is 0. The maximum absolute atomic E-state index is 12.2. The topological polar surface area (TPSA) is 492 Å². The molecule has 32 heteroatoms. The average molecular weight is 1300 g/mol. The fourth-order valence-electron chi connectivity index (χ4n) is 7.49. The molecule has 7 N–H and O–H groups in total. The summed E-state index contributed by atoms with van der Waals surface area (Å²) in [5, 5.41) is 35.4. The molecule has 0 aliphatic carbocycles. The second-order valence-corrected chi connectivity index (χ2v) is 26.4. The Labute approximate surface area is 534 Å². The van der Waals surface area contributed by atoms with Gasteiger partial charge in [-0.3, -0.25) is 52.7 Å². The molecule has 0 heterocycles. The molecule has 3 amide bonds. The van der Waals surface area contributed by atoms with Gasteiger partial charge in [-0.05, 0) is 179 Å². The molecular formula is C59H105N13O19. The van der Waals surface area contributed by atoms with Gasteiger partial charge in [0.15, 0.2) is 0 Å². The predicted octanol–water partition coefficient (Wildman–Crippen LogP) is 9.51. The van der Waals surface area contributed by atoms with Crippen LogP contribution in [-0.4, -0.2) is 154 Å². The number of nitrogens with one attached hydrogen (secondary N) is 3. The molecule has 0 atom stereocenters. The molecule has 0 aromatic carbocycles. The van der Waals surface area contributed by atoms with E-state index >= 15 is 0 Å². The minimum absolute atomic E-state index is 0.00370. The number of hydrogen-bond donors (Lipinski definition) is 6. The molecule has 32 nitrogen and oxygen atoms in total. The van der Waals surface area contributed by atoms with E-state index in [-0.39, 0.29) is 139 Å². The van der Waals surface area contributed by atoms with Crippen molar-refractivity contribution in [2.24, 2.45) is 21.1 Å². The number of azide groups is 3. The Balaban J connectivity index is -0.000000560. The lowest BCUT2D eigenvalue weighted by atomic mass is 9.89. The number of carboxylic acid groups (broad SMARTS) is 2. The summed E-state index contributed by atoms with van der Waals surface area (Å²) in [6.07, 6.45) is 3.07. The smallest absolute Gasteiger partial charge is 0.306 e. The van der Waals surface area contributed by atoms with E-state index < -0.39 is 74.3 Å². The maximum atomic E-state index is 12.2. The van der Waals surface area contributed by atoms with E-state index in [1.807, 2.05) is 48.5 Å². The highest BCUT2D eigenvalue weighted by Gasteiger charge is 2.32. The van der Waals surface area contributed by atoms with Crippen molar-refractivity contribution in [2.75, 3.05) is 33.9 Å². The molecule has 0 spiro atoms. The van der Waals surface area contributed by atoms with E-state index in [2.05, 4.69) is 55.5 Å². The lowest BCUT2D eigenvalue weighted by molar-refractivity contribution is -0.157. The van der Waals surface area contributed by atoms with E-state index in [9.17, 15) is 52.7 Å². The normalized spacial score (nSPS) is 11.5. The van der Waals surface area contributed by atoms with Crippen molar-refractivity contribution in [1.29, 1.82) is 0 Å². The van der Waals surface area contributed by atoms with Crippen molar-refractivity contribution in [3.63, 3.8) is 0 Å². The van der Waals surface area contributed by atoms with Gasteiger partial charge in [-0.25, -0.2) is 0 Å². The van der Waals surface area contributed by atoms with Gasteiger partial charge in [0.05, 0.1) is 14.2 Å². The predicted molar refractivity (Wildman–Crippen MR) is 335 cm³/mol. The number of carbonyl (C=O) groups is 11. The third kappa shape index (κ3) is 59.5. The summed E-state index contributed by atoms with van der Waals surface area (Å²) in [4.78, 5) is 134. The largest absolute Gasteiger partial charge is 0.481 e. The number of hydrogen-bond acceptors (Lipinski definition) is 21. The number of ether oxygens (including phenoxy) is 6. The molecule has 0 unspecified atom stereocenters. The van der Waals surface area contributed by atoms with Crippen LogP contribution in [-0.2, 0) is 81.2 Å². The fourth-order valence-corrected chi connectivity index (χ4v) is 7.49. The summed E-state index contributed by atoms with van der Waals surface area (Å²) in [6.45, 7) is 28.7. The number of aliphatic carboxylic acids is 2. The molecule has 0 bridgehead atoms. The first kappa shape index (κ1) is 89.5. The van der Waals surface area contributed by atoms with Crippen molar-refractivity contribution in [2.45, 2.75) is 277 Å². The van der Waals surface area contributed by atoms with Crippen LogP contribution in [0.25, 0.3) is 31.3 Å². The van der Waals surface area contributed by atoms with Gasteiger partial charge in [0.1, 0.15) is 22.4 Å². The van der Waals surface area contributed by atoms with Crippen molar-refractivity contribution in [3.05, 3.63) is 31.3 Å². The van der Waals surface area contributed by atoms with Crippen LogP contribution in [0.3, 0.4) is 0 Å². The molecule has 91 heavy (non-hydrogen) atoms. The first-order valence-corrected chi connectivity index (χ1v) is 29.7. The Morgan fingerprint density at radius 2 is 0.549 bits per heavy atom. The van der Waals surface area contributed by atoms with E-state index in [4.69, 9.17) is 51.5 Å². The third-order valence-electron chi connectivity index (χ3n) is 12.1. The first-order valence-electron chi connectivity index (χ1n) is 29.7. The number of esters is 6. The standard InChI is InChI=1S/C19H34N4O5.C16H31NO4.C13H22N4O5.C11H18N4O5/c1-17(2,3)27-15(25)8-11-19(7,22-14(24)10-13-21-23-20)12-9-16(26)28-18(4,5)6;1-14(2,3)20-12(18)8-10-16(7,17)11-9-13(19)21-15(4,5)6;1-13(7-4-11(19)21-2,8-5-12(20)22-3)16-10(18)6-9-15-17-14;1-11(5-2-9(17)18,6-3-10(19)20)14-8(16)4-7-13-15-12/h8-13H2,1-7H3,(H,22,24);8-11,17H2,1-7H3;4-9H2,1-3H3,(H,16,18);2-7H2,1H3,(H,14,16)(H,17,18)(H,19,20). The molecule has 0 aliphatic heterocycles. The minimum Gasteiger partial charge on any atom is -0.481 e. The Kier molecular flexibility index (Phi) is 43.8. The van der Waals surface area contributed by atoms with Crippen LogP contribution in [0.2, 0.25) is 0 Å². The zero-order valence-electron chi connectivity index (χ0n) is 57.0. The van der Waals surface area contributed by atoms with Gasteiger partial charge in [0.25, 0.3) is 0 Å². The average Bonchev–Trinajstić information content (AvgIpc) is 1.39. The Hall–Kier alpha value is -7.94. The summed E-state index contributed by atoms with van der Waals surface area (Å²) in [7, 11) is 2.57. The number of amides is 3. The molecule has 0 saturated carbocycles. The van der Waals surface area contributed by atoms with E-state index in [1.54, 1.807) is 62.3 Å². The molecule has 0 aromatic rings. The van der Waals surface area contributed by atoms with Crippen LogP contribution in [0.4, 0.5) is 0 Å². The summed E-state index contributed by atoms with van der Waals surface area (Å²) in [5.41, 5.74) is 25.5. The molecule has 0 fully saturated rings. The van der Waals surface area contributed by atoms with Crippen LogP contribution in [0.1, 0.15) is 233 Å². The quantitative estimate of drug-likeness (QED) is 0.0112. The Bertz CT molecular complexity index is 2390. The number of rotatable bonds is 36. The van der Waals surface area contributed by atoms with E-state index in [0.717, 1.165) is 0 Å². The molecule has 0 aliphatic rings. The van der Waals surface area contributed by atoms with Crippen LogP contribution in [0.15, 0.2) is 15.3 Å². The summed E-state index contributed by atoms with van der Waals surface area (Å²) >= 11 is 0.